The van der Waals surface area contributed by atoms with Crippen LogP contribution in [-0.2, 0) is 4.74 Å². The van der Waals surface area contributed by atoms with Crippen molar-refractivity contribution < 1.29 is 9.94 Å². The van der Waals surface area contributed by atoms with Crippen LogP contribution in [0.2, 0.25) is 5.02 Å². The lowest BCUT2D eigenvalue weighted by atomic mass is 10.2. The second kappa shape index (κ2) is 7.08. The van der Waals surface area contributed by atoms with Gasteiger partial charge in [0.25, 0.3) is 0 Å². The van der Waals surface area contributed by atoms with E-state index in [4.69, 9.17) is 27.3 Å². The molecule has 0 aliphatic carbocycles. The lowest BCUT2D eigenvalue weighted by molar-refractivity contribution is 0.115. The Morgan fingerprint density at radius 1 is 1.61 bits per heavy atom. The number of hydrogen-bond acceptors (Lipinski definition) is 4. The number of benzene rings is 1. The van der Waals surface area contributed by atoms with Crippen LogP contribution in [0.1, 0.15) is 12.5 Å². The fraction of sp³-hybridized carbons (Fsp3) is 0.417. The zero-order valence-electron chi connectivity index (χ0n) is 10.5. The minimum absolute atomic E-state index is 0.0589. The molecule has 1 aromatic carbocycles. The van der Waals surface area contributed by atoms with Crippen molar-refractivity contribution in [1.82, 2.24) is 0 Å². The third kappa shape index (κ3) is 4.09. The van der Waals surface area contributed by atoms with E-state index in [1.807, 2.05) is 25.1 Å². The predicted octanol–water partition coefficient (Wildman–Crippen LogP) is 2.21. The molecule has 0 bridgehead atoms. The van der Waals surface area contributed by atoms with Gasteiger partial charge in [-0.25, -0.2) is 0 Å². The summed E-state index contributed by atoms with van der Waals surface area (Å²) in [7, 11) is 0. The molecule has 1 unspecified atom stereocenters. The summed E-state index contributed by atoms with van der Waals surface area (Å²) in [5.74, 6) is 0.0589. The fourth-order valence-electron chi connectivity index (χ4n) is 1.37. The normalized spacial score (nSPS) is 13.4. The van der Waals surface area contributed by atoms with Gasteiger partial charge in [-0.2, -0.15) is 0 Å². The second-order valence-electron chi connectivity index (χ2n) is 3.90. The first-order valence-electron chi connectivity index (χ1n) is 5.64. The molecule has 0 fully saturated rings. The number of amidine groups is 1. The Bertz CT molecular complexity index is 424. The van der Waals surface area contributed by atoms with Crippen molar-refractivity contribution in [3.8, 4) is 0 Å². The first-order chi connectivity index (χ1) is 8.56. The van der Waals surface area contributed by atoms with Gasteiger partial charge in [-0.05, 0) is 25.5 Å². The Morgan fingerprint density at radius 2 is 2.33 bits per heavy atom. The molecule has 0 saturated carbocycles. The van der Waals surface area contributed by atoms with Crippen molar-refractivity contribution in [2.75, 3.05) is 18.5 Å². The van der Waals surface area contributed by atoms with E-state index in [0.717, 1.165) is 11.3 Å². The summed E-state index contributed by atoms with van der Waals surface area (Å²) < 4.78 is 5.37. The maximum absolute atomic E-state index is 8.46. The van der Waals surface area contributed by atoms with Crippen LogP contribution >= 0.6 is 11.6 Å². The van der Waals surface area contributed by atoms with Crippen molar-refractivity contribution in [2.24, 2.45) is 10.9 Å². The molecule has 0 radical (unpaired) electrons. The van der Waals surface area contributed by atoms with Gasteiger partial charge in [0.15, 0.2) is 5.84 Å². The number of nitrogens with zero attached hydrogens (tertiary/aromatic N) is 1. The van der Waals surface area contributed by atoms with E-state index >= 15 is 0 Å². The smallest absolute Gasteiger partial charge is 0.168 e. The van der Waals surface area contributed by atoms with Crippen molar-refractivity contribution >= 4 is 23.1 Å². The summed E-state index contributed by atoms with van der Waals surface area (Å²) in [4.78, 5) is 0. The number of anilines is 1. The monoisotopic (exact) mass is 271 g/mol. The third-order valence-corrected chi connectivity index (χ3v) is 3.01. The van der Waals surface area contributed by atoms with Crippen molar-refractivity contribution in [2.45, 2.75) is 20.0 Å². The minimum Gasteiger partial charge on any atom is -0.409 e. The van der Waals surface area contributed by atoms with Crippen LogP contribution in [0.4, 0.5) is 5.69 Å². The van der Waals surface area contributed by atoms with E-state index in [-0.39, 0.29) is 5.84 Å². The second-order valence-corrected chi connectivity index (χ2v) is 4.28. The highest BCUT2D eigenvalue weighted by atomic mass is 35.5. The van der Waals surface area contributed by atoms with Gasteiger partial charge in [0, 0.05) is 6.54 Å². The zero-order chi connectivity index (χ0) is 13.5. The van der Waals surface area contributed by atoms with Crippen LogP contribution in [-0.4, -0.2) is 30.3 Å². The molecule has 0 spiro atoms. The first kappa shape index (κ1) is 14.6. The summed E-state index contributed by atoms with van der Waals surface area (Å²) in [6, 6.07) is 5.79. The van der Waals surface area contributed by atoms with Crippen molar-refractivity contribution in [3.63, 3.8) is 0 Å². The van der Waals surface area contributed by atoms with Gasteiger partial charge >= 0.3 is 0 Å². The Labute approximate surface area is 112 Å². The molecule has 18 heavy (non-hydrogen) atoms. The van der Waals surface area contributed by atoms with Crippen LogP contribution in [0.25, 0.3) is 0 Å². The Balaban J connectivity index is 2.36. The van der Waals surface area contributed by atoms with Gasteiger partial charge in [-0.15, -0.1) is 0 Å². The number of nitrogens with two attached hydrogens (primary N) is 1. The molecule has 0 aliphatic rings. The predicted molar refractivity (Wildman–Crippen MR) is 73.5 cm³/mol. The van der Waals surface area contributed by atoms with Crippen LogP contribution in [0, 0.1) is 6.92 Å². The van der Waals surface area contributed by atoms with Gasteiger partial charge in [0.05, 0.1) is 17.3 Å². The molecule has 1 aromatic rings. The molecule has 0 amide bonds. The summed E-state index contributed by atoms with van der Waals surface area (Å²) in [6.45, 7) is 4.69. The summed E-state index contributed by atoms with van der Waals surface area (Å²) in [5, 5.41) is 15.2. The number of nitrogens with one attached hydrogen (secondary N) is 1. The first-order valence-corrected chi connectivity index (χ1v) is 6.02. The molecule has 4 N–H and O–H groups in total. The summed E-state index contributed by atoms with van der Waals surface area (Å²) >= 11 is 6.13. The Morgan fingerprint density at radius 3 is 3.00 bits per heavy atom. The Kier molecular flexibility index (Phi) is 5.74. The molecule has 0 aliphatic heterocycles. The number of rotatable bonds is 6. The van der Waals surface area contributed by atoms with Crippen LogP contribution in [0.15, 0.2) is 23.4 Å². The summed E-state index contributed by atoms with van der Waals surface area (Å²) in [6.07, 6.45) is -0.412. The molecule has 100 valence electrons. The van der Waals surface area contributed by atoms with E-state index in [2.05, 4.69) is 10.5 Å². The van der Waals surface area contributed by atoms with Gasteiger partial charge in [0.1, 0.15) is 6.10 Å². The van der Waals surface area contributed by atoms with E-state index in [0.29, 0.717) is 18.2 Å². The van der Waals surface area contributed by atoms with E-state index in [9.17, 15) is 0 Å². The van der Waals surface area contributed by atoms with Gasteiger partial charge in [-0.3, -0.25) is 0 Å². The molecule has 6 heteroatoms. The van der Waals surface area contributed by atoms with Crippen LogP contribution < -0.4 is 11.1 Å². The average Bonchev–Trinajstić information content (AvgIpc) is 2.38. The maximum Gasteiger partial charge on any atom is 0.168 e. The molecular formula is C12H18ClN3O2. The fourth-order valence-corrected chi connectivity index (χ4v) is 1.56. The zero-order valence-corrected chi connectivity index (χ0v) is 11.2. The molecule has 0 saturated heterocycles. The SMILES string of the molecule is Cc1cccc(NCCOC(C)/C(N)=N/O)c1Cl. The number of aryl methyl sites for hydroxylation is 1. The maximum atomic E-state index is 8.46. The van der Waals surface area contributed by atoms with Crippen molar-refractivity contribution in [1.29, 1.82) is 0 Å². The molecular weight excluding hydrogens is 254 g/mol. The third-order valence-electron chi connectivity index (χ3n) is 2.51. The van der Waals surface area contributed by atoms with Gasteiger partial charge < -0.3 is 21.0 Å². The minimum atomic E-state index is -0.412. The van der Waals surface area contributed by atoms with Crippen molar-refractivity contribution in [3.05, 3.63) is 28.8 Å². The highest BCUT2D eigenvalue weighted by Gasteiger charge is 2.07. The lowest BCUT2D eigenvalue weighted by Gasteiger charge is -2.13. The number of ether oxygens (including phenoxy) is 1. The van der Waals surface area contributed by atoms with Gasteiger partial charge in [-0.1, -0.05) is 28.9 Å². The van der Waals surface area contributed by atoms with Crippen LogP contribution in [0.3, 0.4) is 0 Å². The molecule has 0 aromatic heterocycles. The van der Waals surface area contributed by atoms with E-state index < -0.39 is 6.10 Å². The number of halogens is 1. The lowest BCUT2D eigenvalue weighted by Crippen LogP contribution is -2.30. The summed E-state index contributed by atoms with van der Waals surface area (Å²) in [5.41, 5.74) is 7.28. The molecule has 5 nitrogen and oxygen atoms in total. The highest BCUT2D eigenvalue weighted by Crippen LogP contribution is 2.24. The molecule has 1 rings (SSSR count). The average molecular weight is 272 g/mol. The highest BCUT2D eigenvalue weighted by molar-refractivity contribution is 6.33. The number of hydrogen-bond donors (Lipinski definition) is 3. The largest absolute Gasteiger partial charge is 0.409 e. The Hall–Kier alpha value is -1.46. The topological polar surface area (TPSA) is 79.9 Å². The van der Waals surface area contributed by atoms with E-state index in [1.165, 1.54) is 0 Å². The van der Waals surface area contributed by atoms with Gasteiger partial charge in [0.2, 0.25) is 0 Å². The quantitative estimate of drug-likeness (QED) is 0.244. The van der Waals surface area contributed by atoms with E-state index in [1.54, 1.807) is 6.92 Å². The molecule has 0 heterocycles. The number of oxime groups is 1. The standard InChI is InChI=1S/C12H18ClN3O2/c1-8-4-3-5-10(11(8)13)15-6-7-18-9(2)12(14)16-17/h3-5,9,15,17H,6-7H2,1-2H3,(H2,14,16). The van der Waals surface area contributed by atoms with Crippen LogP contribution in [0.5, 0.6) is 0 Å². The molecule has 1 atom stereocenters.